The summed E-state index contributed by atoms with van der Waals surface area (Å²) in [6, 6.07) is 3.43. The lowest BCUT2D eigenvalue weighted by atomic mass is 9.81. The van der Waals surface area contributed by atoms with Gasteiger partial charge >= 0.3 is 5.97 Å². The first kappa shape index (κ1) is 17.6. The van der Waals surface area contributed by atoms with Gasteiger partial charge in [-0.05, 0) is 47.7 Å². The lowest BCUT2D eigenvalue weighted by Crippen LogP contribution is -2.29. The molecular weight excluding hydrogens is 366 g/mol. The maximum atomic E-state index is 12.4. The Kier molecular flexibility index (Phi) is 5.87. The molecule has 1 aliphatic rings. The highest BCUT2D eigenvalue weighted by atomic mass is 79.9. The first-order valence-corrected chi connectivity index (χ1v) is 8.20. The fraction of sp³-hybridized carbons (Fsp3) is 0.500. The number of methoxy groups -OCH3 is 2. The molecule has 2 rings (SSSR count). The van der Waals surface area contributed by atoms with Gasteiger partial charge in [0.15, 0.2) is 0 Å². The van der Waals surface area contributed by atoms with Crippen molar-refractivity contribution in [3.8, 4) is 11.5 Å². The molecule has 1 aliphatic carbocycles. The smallest absolute Gasteiger partial charge is 0.306 e. The number of aliphatic carboxylic acids is 1. The Labute approximate surface area is 143 Å². The van der Waals surface area contributed by atoms with E-state index in [9.17, 15) is 9.59 Å². The zero-order valence-corrected chi connectivity index (χ0v) is 14.7. The summed E-state index contributed by atoms with van der Waals surface area (Å²) in [5, 5.41) is 11.9. The quantitative estimate of drug-likeness (QED) is 0.811. The zero-order valence-electron chi connectivity index (χ0n) is 13.1. The number of nitrogens with one attached hydrogen (secondary N) is 1. The van der Waals surface area contributed by atoms with Gasteiger partial charge in [0.05, 0.1) is 30.3 Å². The van der Waals surface area contributed by atoms with Crippen LogP contribution in [0.3, 0.4) is 0 Å². The minimum atomic E-state index is -0.774. The Bertz CT molecular complexity index is 596. The number of anilines is 1. The second kappa shape index (κ2) is 7.68. The number of carbonyl (C=O) groups is 2. The van der Waals surface area contributed by atoms with Gasteiger partial charge in [-0.1, -0.05) is 0 Å². The predicted octanol–water partition coefficient (Wildman–Crippen LogP) is 3.30. The lowest BCUT2D eigenvalue weighted by Gasteiger charge is -2.25. The number of halogens is 1. The van der Waals surface area contributed by atoms with Crippen LogP contribution in [0.1, 0.15) is 25.7 Å². The molecule has 0 unspecified atom stereocenters. The monoisotopic (exact) mass is 385 g/mol. The van der Waals surface area contributed by atoms with Crippen LogP contribution in [0.25, 0.3) is 0 Å². The van der Waals surface area contributed by atoms with E-state index in [4.69, 9.17) is 14.6 Å². The van der Waals surface area contributed by atoms with Gasteiger partial charge in [0, 0.05) is 12.0 Å². The van der Waals surface area contributed by atoms with Gasteiger partial charge in [0.25, 0.3) is 0 Å². The third-order valence-corrected chi connectivity index (χ3v) is 4.80. The normalized spacial score (nSPS) is 20.7. The zero-order chi connectivity index (χ0) is 17.0. The third kappa shape index (κ3) is 4.16. The first-order valence-electron chi connectivity index (χ1n) is 7.41. The van der Waals surface area contributed by atoms with Crippen LogP contribution >= 0.6 is 15.9 Å². The van der Waals surface area contributed by atoms with E-state index >= 15 is 0 Å². The number of ether oxygens (including phenoxy) is 2. The highest BCUT2D eigenvalue weighted by Crippen LogP contribution is 2.37. The summed E-state index contributed by atoms with van der Waals surface area (Å²) in [4.78, 5) is 23.4. The molecule has 1 saturated carbocycles. The molecule has 126 valence electrons. The molecule has 0 spiro atoms. The second-order valence-corrected chi connectivity index (χ2v) is 6.42. The number of carbonyl (C=O) groups excluding carboxylic acids is 1. The molecule has 0 radical (unpaired) electrons. The highest BCUT2D eigenvalue weighted by Gasteiger charge is 2.30. The fourth-order valence-electron chi connectivity index (χ4n) is 2.80. The lowest BCUT2D eigenvalue weighted by molar-refractivity contribution is -0.143. The first-order chi connectivity index (χ1) is 11.0. The van der Waals surface area contributed by atoms with Crippen molar-refractivity contribution in [1.82, 2.24) is 0 Å². The van der Waals surface area contributed by atoms with Gasteiger partial charge in [-0.3, -0.25) is 9.59 Å². The van der Waals surface area contributed by atoms with Gasteiger partial charge in [-0.2, -0.15) is 0 Å². The molecule has 1 amide bonds. The molecule has 0 atom stereocenters. The Morgan fingerprint density at radius 3 is 2.17 bits per heavy atom. The third-order valence-electron chi connectivity index (χ3n) is 4.18. The van der Waals surface area contributed by atoms with Crippen molar-refractivity contribution in [2.45, 2.75) is 25.7 Å². The molecule has 6 nitrogen and oxygen atoms in total. The van der Waals surface area contributed by atoms with Gasteiger partial charge in [0.1, 0.15) is 11.5 Å². The van der Waals surface area contributed by atoms with Crippen LogP contribution in [0.4, 0.5) is 5.69 Å². The SMILES string of the molecule is COc1cc(OC)c(NC(=O)C2CCC(C(=O)O)CC2)cc1Br. The predicted molar refractivity (Wildman–Crippen MR) is 89.0 cm³/mol. The molecule has 0 bridgehead atoms. The fourth-order valence-corrected chi connectivity index (χ4v) is 3.30. The largest absolute Gasteiger partial charge is 0.495 e. The summed E-state index contributed by atoms with van der Waals surface area (Å²) in [5.41, 5.74) is 0.561. The van der Waals surface area contributed by atoms with Crippen LogP contribution < -0.4 is 14.8 Å². The Hall–Kier alpha value is -1.76. The summed E-state index contributed by atoms with van der Waals surface area (Å²) in [6.45, 7) is 0. The molecule has 1 aromatic carbocycles. The summed E-state index contributed by atoms with van der Waals surface area (Å²) in [6.07, 6.45) is 2.25. The summed E-state index contributed by atoms with van der Waals surface area (Å²) < 4.78 is 11.2. The molecular formula is C16H20BrNO5. The Balaban J connectivity index is 2.06. The van der Waals surface area contributed by atoms with Crippen LogP contribution in [-0.2, 0) is 9.59 Å². The number of amides is 1. The average Bonchev–Trinajstić information content (AvgIpc) is 2.55. The van der Waals surface area contributed by atoms with Crippen LogP contribution in [0, 0.1) is 11.8 Å². The van der Waals surface area contributed by atoms with Gasteiger partial charge in [-0.25, -0.2) is 0 Å². The second-order valence-electron chi connectivity index (χ2n) is 5.56. The van der Waals surface area contributed by atoms with E-state index in [2.05, 4.69) is 21.2 Å². The summed E-state index contributed by atoms with van der Waals surface area (Å²) in [7, 11) is 3.08. The van der Waals surface area contributed by atoms with Gasteiger partial charge < -0.3 is 19.9 Å². The van der Waals surface area contributed by atoms with E-state index in [0.717, 1.165) is 0 Å². The van der Waals surface area contributed by atoms with E-state index in [0.29, 0.717) is 47.3 Å². The summed E-state index contributed by atoms with van der Waals surface area (Å²) >= 11 is 3.38. The number of rotatable bonds is 5. The number of carboxylic acids is 1. The molecule has 1 aromatic rings. The molecule has 1 fully saturated rings. The Morgan fingerprint density at radius 1 is 1.09 bits per heavy atom. The van der Waals surface area contributed by atoms with E-state index in [1.807, 2.05) is 0 Å². The number of carboxylic acid groups (broad SMARTS) is 1. The Morgan fingerprint density at radius 2 is 1.65 bits per heavy atom. The van der Waals surface area contributed by atoms with E-state index in [1.54, 1.807) is 19.2 Å². The van der Waals surface area contributed by atoms with Crippen molar-refractivity contribution in [3.63, 3.8) is 0 Å². The van der Waals surface area contributed by atoms with Crippen molar-refractivity contribution in [1.29, 1.82) is 0 Å². The van der Waals surface area contributed by atoms with E-state index in [-0.39, 0.29) is 17.7 Å². The van der Waals surface area contributed by atoms with Crippen molar-refractivity contribution in [2.24, 2.45) is 11.8 Å². The topological polar surface area (TPSA) is 84.9 Å². The standard InChI is InChI=1S/C16H20BrNO5/c1-22-13-8-14(23-2)12(7-11(13)17)18-15(19)9-3-5-10(6-4-9)16(20)21/h7-10H,3-6H2,1-2H3,(H,18,19)(H,20,21). The van der Waals surface area contributed by atoms with E-state index < -0.39 is 5.97 Å². The van der Waals surface area contributed by atoms with Gasteiger partial charge in [0.2, 0.25) is 5.91 Å². The van der Waals surface area contributed by atoms with Crippen molar-refractivity contribution in [2.75, 3.05) is 19.5 Å². The maximum absolute atomic E-state index is 12.4. The van der Waals surface area contributed by atoms with Crippen molar-refractivity contribution in [3.05, 3.63) is 16.6 Å². The highest BCUT2D eigenvalue weighted by molar-refractivity contribution is 9.10. The molecule has 0 saturated heterocycles. The van der Waals surface area contributed by atoms with Crippen molar-refractivity contribution < 1.29 is 24.2 Å². The molecule has 23 heavy (non-hydrogen) atoms. The minimum Gasteiger partial charge on any atom is -0.495 e. The molecule has 7 heteroatoms. The molecule has 2 N–H and O–H groups in total. The van der Waals surface area contributed by atoms with E-state index in [1.165, 1.54) is 7.11 Å². The van der Waals surface area contributed by atoms with Crippen LogP contribution in [0.15, 0.2) is 16.6 Å². The van der Waals surface area contributed by atoms with Crippen LogP contribution in [-0.4, -0.2) is 31.2 Å². The number of hydrogen-bond donors (Lipinski definition) is 2. The molecule has 0 aromatic heterocycles. The minimum absolute atomic E-state index is 0.107. The summed E-state index contributed by atoms with van der Waals surface area (Å²) in [5.74, 6) is -0.256. The van der Waals surface area contributed by atoms with Crippen molar-refractivity contribution >= 4 is 33.5 Å². The van der Waals surface area contributed by atoms with Gasteiger partial charge in [-0.15, -0.1) is 0 Å². The number of benzene rings is 1. The molecule has 0 heterocycles. The maximum Gasteiger partial charge on any atom is 0.306 e. The average molecular weight is 386 g/mol. The van der Waals surface area contributed by atoms with Crippen LogP contribution in [0.2, 0.25) is 0 Å². The number of hydrogen-bond acceptors (Lipinski definition) is 4. The molecule has 0 aliphatic heterocycles. The van der Waals surface area contributed by atoms with Crippen LogP contribution in [0.5, 0.6) is 11.5 Å².